The van der Waals surface area contributed by atoms with E-state index in [0.717, 1.165) is 0 Å². The normalized spacial score (nSPS) is 16.1. The van der Waals surface area contributed by atoms with Gasteiger partial charge in [-0.2, -0.15) is 65.9 Å². The second-order valence-electron chi connectivity index (χ2n) is 4.63. The summed E-state index contributed by atoms with van der Waals surface area (Å²) in [7, 11) is 0. The maximum absolute atomic E-state index is 13.1. The lowest BCUT2D eigenvalue weighted by atomic mass is 9.91. The van der Waals surface area contributed by atoms with Crippen LogP contribution in [0.2, 0.25) is 0 Å². The number of hydrogen-bond donors (Lipinski definition) is 0. The van der Waals surface area contributed by atoms with Crippen molar-refractivity contribution in [2.75, 3.05) is 0 Å². The molecule has 0 heterocycles. The van der Waals surface area contributed by atoms with E-state index in [9.17, 15) is 70.7 Å². The fraction of sp³-hybridized carbons (Fsp3) is 0.700. The fourth-order valence-electron chi connectivity index (χ4n) is 1.25. The summed E-state index contributed by atoms with van der Waals surface area (Å²) < 4.78 is 190. The highest BCUT2D eigenvalue weighted by atomic mass is 35.5. The SMILES string of the molecule is O=C(Cl)/C=C\C(F)(F)C(F)(F)C(F)(F)C(F)(F)C(F)(F)C(F)(F)C(F)(F)F. The Morgan fingerprint density at radius 3 is 1.15 bits per heavy atom. The smallest absolute Gasteiger partial charge is 0.276 e. The molecule has 0 aliphatic carbocycles. The minimum atomic E-state index is -8.36. The molecule has 0 N–H and O–H groups in total. The van der Waals surface area contributed by atoms with Gasteiger partial charge in [-0.1, -0.05) is 0 Å². The molecule has 0 aromatic rings. The van der Waals surface area contributed by atoms with Gasteiger partial charge in [-0.3, -0.25) is 4.79 Å². The molecule has 1 nitrogen and oxygen atoms in total. The Hall–Kier alpha value is -1.35. The average molecular weight is 459 g/mol. The second-order valence-corrected chi connectivity index (χ2v) is 5.00. The first kappa shape index (κ1) is 25.6. The maximum Gasteiger partial charge on any atom is 0.460 e. The standard InChI is InChI=1S/C10H2ClF15O/c11-3(27)1-2-4(12,13)5(14,15)6(16,17)7(18,19)8(20,21)9(22,23)10(24,25)26/h1-2H/b2-1-. The van der Waals surface area contributed by atoms with Crippen molar-refractivity contribution in [3.05, 3.63) is 12.2 Å². The van der Waals surface area contributed by atoms with E-state index < -0.39 is 59.1 Å². The van der Waals surface area contributed by atoms with Crippen molar-refractivity contribution in [2.45, 2.75) is 41.7 Å². The van der Waals surface area contributed by atoms with Crippen molar-refractivity contribution >= 4 is 16.8 Å². The van der Waals surface area contributed by atoms with E-state index in [2.05, 4.69) is 11.6 Å². The summed E-state index contributed by atoms with van der Waals surface area (Å²) in [6.07, 6.45) is -10.0. The third-order valence-corrected chi connectivity index (χ3v) is 2.90. The number of hydrogen-bond acceptors (Lipinski definition) is 1. The van der Waals surface area contributed by atoms with E-state index in [1.165, 1.54) is 0 Å². The molecule has 27 heavy (non-hydrogen) atoms. The summed E-state index contributed by atoms with van der Waals surface area (Å²) in [5, 5.41) is -2.07. The van der Waals surface area contributed by atoms with Crippen LogP contribution in [0.1, 0.15) is 0 Å². The van der Waals surface area contributed by atoms with Crippen LogP contribution in [0.5, 0.6) is 0 Å². The van der Waals surface area contributed by atoms with Crippen LogP contribution in [0.15, 0.2) is 12.2 Å². The summed E-state index contributed by atoms with van der Waals surface area (Å²) in [5.41, 5.74) is 0. The predicted octanol–water partition coefficient (Wildman–Crippen LogP) is 5.68. The van der Waals surface area contributed by atoms with Crippen molar-refractivity contribution in [3.63, 3.8) is 0 Å². The van der Waals surface area contributed by atoms with E-state index in [1.54, 1.807) is 0 Å². The number of halogens is 16. The summed E-state index contributed by atoms with van der Waals surface area (Å²) in [4.78, 5) is 10.1. The molecule has 0 amide bonds. The molecule has 0 radical (unpaired) electrons. The Bertz CT molecular complexity index is 602. The van der Waals surface area contributed by atoms with Gasteiger partial charge in [0.2, 0.25) is 5.24 Å². The van der Waals surface area contributed by atoms with Gasteiger partial charge in [0.05, 0.1) is 0 Å². The Morgan fingerprint density at radius 1 is 0.556 bits per heavy atom. The first-order valence-corrected chi connectivity index (χ1v) is 6.02. The molecule has 0 spiro atoms. The summed E-state index contributed by atoms with van der Waals surface area (Å²) in [6, 6.07) is 0. The minimum Gasteiger partial charge on any atom is -0.276 e. The van der Waals surface area contributed by atoms with Crippen LogP contribution in [0.3, 0.4) is 0 Å². The van der Waals surface area contributed by atoms with Gasteiger partial charge < -0.3 is 0 Å². The molecule has 0 atom stereocenters. The molecule has 0 aliphatic heterocycles. The van der Waals surface area contributed by atoms with Crippen molar-refractivity contribution in [1.29, 1.82) is 0 Å². The second kappa shape index (κ2) is 6.62. The van der Waals surface area contributed by atoms with Crippen LogP contribution in [0.4, 0.5) is 65.9 Å². The Labute approximate surface area is 142 Å². The number of carbonyl (C=O) groups excluding carboxylic acids is 1. The van der Waals surface area contributed by atoms with Crippen LogP contribution in [0.25, 0.3) is 0 Å². The van der Waals surface area contributed by atoms with Crippen molar-refractivity contribution in [2.24, 2.45) is 0 Å². The molecule has 0 rings (SSSR count). The molecule has 17 heteroatoms. The highest BCUT2D eigenvalue weighted by Gasteiger charge is 2.93. The molecule has 160 valence electrons. The Kier molecular flexibility index (Phi) is 6.29. The van der Waals surface area contributed by atoms with Crippen LogP contribution < -0.4 is 0 Å². The van der Waals surface area contributed by atoms with Gasteiger partial charge in [0.15, 0.2) is 0 Å². The molecule has 0 aliphatic rings. The zero-order valence-corrected chi connectivity index (χ0v) is 12.4. The van der Waals surface area contributed by atoms with E-state index in [0.29, 0.717) is 0 Å². The van der Waals surface area contributed by atoms with Crippen molar-refractivity contribution in [3.8, 4) is 0 Å². The number of rotatable bonds is 7. The van der Waals surface area contributed by atoms with E-state index in [4.69, 9.17) is 0 Å². The van der Waals surface area contributed by atoms with Crippen LogP contribution in [0, 0.1) is 0 Å². The summed E-state index contributed by atoms with van der Waals surface area (Å²) >= 11 is 4.34. The first-order chi connectivity index (χ1) is 11.4. The molecular formula is C10H2ClF15O. The van der Waals surface area contributed by atoms with Gasteiger partial charge in [-0.15, -0.1) is 0 Å². The monoisotopic (exact) mass is 458 g/mol. The Morgan fingerprint density at radius 2 is 0.852 bits per heavy atom. The van der Waals surface area contributed by atoms with E-state index in [-0.39, 0.29) is 0 Å². The molecule has 0 saturated carbocycles. The molecule has 0 aromatic heterocycles. The van der Waals surface area contributed by atoms with Gasteiger partial charge in [0.25, 0.3) is 0 Å². The van der Waals surface area contributed by atoms with Crippen LogP contribution in [-0.4, -0.2) is 47.0 Å². The summed E-state index contributed by atoms with van der Waals surface area (Å²) in [5.74, 6) is -47.2. The highest BCUT2D eigenvalue weighted by Crippen LogP contribution is 2.62. The van der Waals surface area contributed by atoms with E-state index >= 15 is 0 Å². The number of alkyl halides is 15. The molecule has 0 bridgehead atoms. The van der Waals surface area contributed by atoms with Crippen LogP contribution >= 0.6 is 11.6 Å². The van der Waals surface area contributed by atoms with Crippen molar-refractivity contribution < 1.29 is 70.7 Å². The molecule has 0 fully saturated rings. The van der Waals surface area contributed by atoms with Gasteiger partial charge in [-0.25, -0.2) is 0 Å². The molecular weight excluding hydrogens is 457 g/mol. The lowest BCUT2D eigenvalue weighted by Crippen LogP contribution is -2.72. The number of allylic oxidation sites excluding steroid dienone is 2. The molecule has 0 unspecified atom stereocenters. The van der Waals surface area contributed by atoms with Gasteiger partial charge in [0, 0.05) is 0 Å². The third-order valence-electron chi connectivity index (χ3n) is 2.78. The average Bonchev–Trinajstić information content (AvgIpc) is 2.42. The number of carbonyl (C=O) groups is 1. The minimum absolute atomic E-state index is 0.813. The largest absolute Gasteiger partial charge is 0.460 e. The van der Waals surface area contributed by atoms with Crippen molar-refractivity contribution in [1.82, 2.24) is 0 Å². The molecule has 0 aromatic carbocycles. The highest BCUT2D eigenvalue weighted by molar-refractivity contribution is 6.66. The quantitative estimate of drug-likeness (QED) is 0.272. The van der Waals surface area contributed by atoms with Gasteiger partial charge in [-0.05, 0) is 23.8 Å². The first-order valence-electron chi connectivity index (χ1n) is 5.64. The third kappa shape index (κ3) is 3.68. The lowest BCUT2D eigenvalue weighted by Gasteiger charge is -2.41. The summed E-state index contributed by atoms with van der Waals surface area (Å²) in [6.45, 7) is 0. The topological polar surface area (TPSA) is 17.1 Å². The zero-order valence-electron chi connectivity index (χ0n) is 11.6. The molecule has 0 saturated heterocycles. The predicted molar refractivity (Wildman–Crippen MR) is 55.7 cm³/mol. The van der Waals surface area contributed by atoms with Gasteiger partial charge in [0.1, 0.15) is 0 Å². The Balaban J connectivity index is 6.51. The fourth-order valence-corrected chi connectivity index (χ4v) is 1.32. The zero-order chi connectivity index (χ0) is 22.5. The van der Waals surface area contributed by atoms with Gasteiger partial charge >= 0.3 is 41.7 Å². The maximum atomic E-state index is 13.1. The van der Waals surface area contributed by atoms with Crippen LogP contribution in [-0.2, 0) is 4.79 Å². The lowest BCUT2D eigenvalue weighted by molar-refractivity contribution is -0.449. The van der Waals surface area contributed by atoms with E-state index in [1.807, 2.05) is 0 Å².